The van der Waals surface area contributed by atoms with E-state index in [0.717, 1.165) is 25.9 Å². The standard InChI is InChI=1S/C14H21N3O2/c1-16-8-5-11(6-9-16)17(2)10-13-12(14(18)19)4-3-7-15-13/h3-4,7,11H,5-6,8-10H2,1-2H3,(H,18,19). The van der Waals surface area contributed by atoms with Gasteiger partial charge in [-0.25, -0.2) is 4.79 Å². The highest BCUT2D eigenvalue weighted by molar-refractivity contribution is 5.88. The van der Waals surface area contributed by atoms with Crippen LogP contribution in [0.2, 0.25) is 0 Å². The monoisotopic (exact) mass is 263 g/mol. The first-order chi connectivity index (χ1) is 9.08. The molecule has 5 nitrogen and oxygen atoms in total. The molecular formula is C14H21N3O2. The summed E-state index contributed by atoms with van der Waals surface area (Å²) < 4.78 is 0. The van der Waals surface area contributed by atoms with Crippen molar-refractivity contribution in [1.29, 1.82) is 0 Å². The maximum absolute atomic E-state index is 11.2. The summed E-state index contributed by atoms with van der Waals surface area (Å²) in [5, 5.41) is 9.16. The second kappa shape index (κ2) is 6.12. The van der Waals surface area contributed by atoms with Gasteiger partial charge in [-0.1, -0.05) is 0 Å². The average molecular weight is 263 g/mol. The minimum atomic E-state index is -0.903. The van der Waals surface area contributed by atoms with Crippen LogP contribution in [0.15, 0.2) is 18.3 Å². The number of hydrogen-bond acceptors (Lipinski definition) is 4. The molecule has 1 N–H and O–H groups in total. The van der Waals surface area contributed by atoms with E-state index in [1.165, 1.54) is 0 Å². The maximum Gasteiger partial charge on any atom is 0.337 e. The second-order valence-electron chi connectivity index (χ2n) is 5.25. The van der Waals surface area contributed by atoms with Crippen molar-refractivity contribution in [2.24, 2.45) is 0 Å². The Kier molecular flexibility index (Phi) is 4.50. The van der Waals surface area contributed by atoms with Crippen LogP contribution in [0.25, 0.3) is 0 Å². The minimum Gasteiger partial charge on any atom is -0.478 e. The number of rotatable bonds is 4. The zero-order valence-corrected chi connectivity index (χ0v) is 11.5. The molecule has 0 radical (unpaired) electrons. The van der Waals surface area contributed by atoms with Crippen molar-refractivity contribution >= 4 is 5.97 Å². The molecule has 0 spiro atoms. The normalized spacial score (nSPS) is 17.8. The number of carbonyl (C=O) groups is 1. The van der Waals surface area contributed by atoms with Crippen LogP contribution in [0.4, 0.5) is 0 Å². The Bertz CT molecular complexity index is 442. The predicted octanol–water partition coefficient (Wildman–Crippen LogP) is 1.31. The Morgan fingerprint density at radius 2 is 2.21 bits per heavy atom. The first-order valence-corrected chi connectivity index (χ1v) is 6.64. The molecule has 1 aromatic heterocycles. The van der Waals surface area contributed by atoms with Crippen LogP contribution in [0.1, 0.15) is 28.9 Å². The highest BCUT2D eigenvalue weighted by Gasteiger charge is 2.22. The molecule has 1 fully saturated rings. The van der Waals surface area contributed by atoms with Gasteiger partial charge < -0.3 is 10.0 Å². The Balaban J connectivity index is 2.02. The van der Waals surface area contributed by atoms with Crippen molar-refractivity contribution in [2.75, 3.05) is 27.2 Å². The van der Waals surface area contributed by atoms with Gasteiger partial charge in [0.05, 0.1) is 11.3 Å². The Morgan fingerprint density at radius 1 is 1.53 bits per heavy atom. The molecule has 0 unspecified atom stereocenters. The van der Waals surface area contributed by atoms with Gasteiger partial charge in [0, 0.05) is 18.8 Å². The highest BCUT2D eigenvalue weighted by Crippen LogP contribution is 2.17. The molecule has 1 aliphatic rings. The van der Waals surface area contributed by atoms with Crippen LogP contribution in [-0.2, 0) is 6.54 Å². The third-order valence-electron chi connectivity index (χ3n) is 3.83. The third kappa shape index (κ3) is 3.52. The zero-order chi connectivity index (χ0) is 13.8. The molecule has 0 atom stereocenters. The second-order valence-corrected chi connectivity index (χ2v) is 5.25. The van der Waals surface area contributed by atoms with Crippen molar-refractivity contribution in [2.45, 2.75) is 25.4 Å². The van der Waals surface area contributed by atoms with Gasteiger partial charge in [-0.15, -0.1) is 0 Å². The fraction of sp³-hybridized carbons (Fsp3) is 0.571. The van der Waals surface area contributed by atoms with Gasteiger partial charge >= 0.3 is 5.97 Å². The van der Waals surface area contributed by atoms with Crippen LogP contribution in [0, 0.1) is 0 Å². The fourth-order valence-corrected chi connectivity index (χ4v) is 2.56. The molecule has 0 bridgehead atoms. The molecule has 0 amide bonds. The zero-order valence-electron chi connectivity index (χ0n) is 11.5. The number of carboxylic acid groups (broad SMARTS) is 1. The lowest BCUT2D eigenvalue weighted by atomic mass is 10.0. The van der Waals surface area contributed by atoms with Crippen LogP contribution in [0.5, 0.6) is 0 Å². The summed E-state index contributed by atoms with van der Waals surface area (Å²) in [4.78, 5) is 19.9. The summed E-state index contributed by atoms with van der Waals surface area (Å²) in [6, 6.07) is 3.80. The largest absolute Gasteiger partial charge is 0.478 e. The van der Waals surface area contributed by atoms with Crippen LogP contribution >= 0.6 is 0 Å². The van der Waals surface area contributed by atoms with E-state index in [1.807, 2.05) is 0 Å². The Labute approximate surface area is 113 Å². The third-order valence-corrected chi connectivity index (χ3v) is 3.83. The topological polar surface area (TPSA) is 56.7 Å². The summed E-state index contributed by atoms with van der Waals surface area (Å²) in [6.45, 7) is 2.79. The van der Waals surface area contributed by atoms with Crippen LogP contribution < -0.4 is 0 Å². The van der Waals surface area contributed by atoms with E-state index in [-0.39, 0.29) is 0 Å². The summed E-state index contributed by atoms with van der Waals surface area (Å²) in [5.74, 6) is -0.903. The van der Waals surface area contributed by atoms with E-state index in [0.29, 0.717) is 23.8 Å². The summed E-state index contributed by atoms with van der Waals surface area (Å²) in [6.07, 6.45) is 3.91. The molecule has 104 valence electrons. The SMILES string of the molecule is CN1CCC(N(C)Cc2ncccc2C(=O)O)CC1. The smallest absolute Gasteiger partial charge is 0.337 e. The summed E-state index contributed by atoms with van der Waals surface area (Å²) >= 11 is 0. The van der Waals surface area contributed by atoms with Crippen molar-refractivity contribution in [3.05, 3.63) is 29.6 Å². The highest BCUT2D eigenvalue weighted by atomic mass is 16.4. The molecule has 1 aliphatic heterocycles. The van der Waals surface area contributed by atoms with Gasteiger partial charge in [0.25, 0.3) is 0 Å². The van der Waals surface area contributed by atoms with Crippen LogP contribution in [0.3, 0.4) is 0 Å². The lowest BCUT2D eigenvalue weighted by molar-refractivity contribution is 0.0692. The van der Waals surface area contributed by atoms with E-state index < -0.39 is 5.97 Å². The molecule has 0 aliphatic carbocycles. The Hall–Kier alpha value is -1.46. The van der Waals surface area contributed by atoms with Crippen molar-refractivity contribution in [1.82, 2.24) is 14.8 Å². The predicted molar refractivity (Wildman–Crippen MR) is 73.2 cm³/mol. The van der Waals surface area contributed by atoms with E-state index in [2.05, 4.69) is 28.9 Å². The maximum atomic E-state index is 11.2. The number of piperidine rings is 1. The van der Waals surface area contributed by atoms with Crippen molar-refractivity contribution in [3.63, 3.8) is 0 Å². The first kappa shape index (κ1) is 14.0. The lowest BCUT2D eigenvalue weighted by Crippen LogP contribution is -2.41. The molecule has 5 heteroatoms. The van der Waals surface area contributed by atoms with Crippen molar-refractivity contribution < 1.29 is 9.90 Å². The Morgan fingerprint density at radius 3 is 2.84 bits per heavy atom. The van der Waals surface area contributed by atoms with Gasteiger partial charge in [-0.05, 0) is 52.2 Å². The quantitative estimate of drug-likeness (QED) is 0.887. The van der Waals surface area contributed by atoms with E-state index in [9.17, 15) is 4.79 Å². The molecule has 1 aromatic rings. The number of carboxylic acids is 1. The van der Waals surface area contributed by atoms with E-state index in [4.69, 9.17) is 5.11 Å². The van der Waals surface area contributed by atoms with Gasteiger partial charge in [-0.3, -0.25) is 9.88 Å². The van der Waals surface area contributed by atoms with Gasteiger partial charge in [0.15, 0.2) is 0 Å². The molecular weight excluding hydrogens is 242 g/mol. The molecule has 19 heavy (non-hydrogen) atoms. The molecule has 2 rings (SSSR count). The van der Waals surface area contributed by atoms with Gasteiger partial charge in [0.2, 0.25) is 0 Å². The number of likely N-dealkylation sites (tertiary alicyclic amines) is 1. The van der Waals surface area contributed by atoms with Gasteiger partial charge in [-0.2, -0.15) is 0 Å². The summed E-state index contributed by atoms with van der Waals surface area (Å²) in [5.41, 5.74) is 0.957. The number of nitrogens with zero attached hydrogens (tertiary/aromatic N) is 3. The number of aromatic carboxylic acids is 1. The fourth-order valence-electron chi connectivity index (χ4n) is 2.56. The first-order valence-electron chi connectivity index (χ1n) is 6.64. The number of aromatic nitrogens is 1. The minimum absolute atomic E-state index is 0.308. The van der Waals surface area contributed by atoms with E-state index in [1.54, 1.807) is 18.3 Å². The average Bonchev–Trinajstić information content (AvgIpc) is 2.39. The molecule has 0 aromatic carbocycles. The summed E-state index contributed by atoms with van der Waals surface area (Å²) in [7, 11) is 4.19. The van der Waals surface area contributed by atoms with Crippen LogP contribution in [-0.4, -0.2) is 59.1 Å². The van der Waals surface area contributed by atoms with Gasteiger partial charge in [0.1, 0.15) is 0 Å². The molecule has 0 saturated carbocycles. The number of pyridine rings is 1. The van der Waals surface area contributed by atoms with Crippen molar-refractivity contribution in [3.8, 4) is 0 Å². The van der Waals surface area contributed by atoms with E-state index >= 15 is 0 Å². The molecule has 1 saturated heterocycles. The number of hydrogen-bond donors (Lipinski definition) is 1. The lowest BCUT2D eigenvalue weighted by Gasteiger charge is -2.35. The molecule has 2 heterocycles.